The van der Waals surface area contributed by atoms with Gasteiger partial charge in [0.05, 0.1) is 11.7 Å². The zero-order valence-corrected chi connectivity index (χ0v) is 14.2. The second kappa shape index (κ2) is 5.78. The van der Waals surface area contributed by atoms with E-state index in [0.717, 1.165) is 10.8 Å². The predicted molar refractivity (Wildman–Crippen MR) is 90.3 cm³/mol. The van der Waals surface area contributed by atoms with Crippen LogP contribution in [0.5, 0.6) is 0 Å². The fourth-order valence-corrected chi connectivity index (χ4v) is 4.96. The van der Waals surface area contributed by atoms with Gasteiger partial charge in [0, 0.05) is 23.8 Å². The van der Waals surface area contributed by atoms with Crippen molar-refractivity contribution in [2.24, 2.45) is 0 Å². The molecular formula is C17H24N4S. The summed E-state index contributed by atoms with van der Waals surface area (Å²) >= 11 is 1.73. The van der Waals surface area contributed by atoms with E-state index in [-0.39, 0.29) is 0 Å². The van der Waals surface area contributed by atoms with E-state index >= 15 is 0 Å². The van der Waals surface area contributed by atoms with Gasteiger partial charge in [0.15, 0.2) is 10.8 Å². The first-order chi connectivity index (χ1) is 10.7. The van der Waals surface area contributed by atoms with Gasteiger partial charge in [-0.05, 0) is 44.7 Å². The quantitative estimate of drug-likeness (QED) is 0.860. The number of piperidine rings is 1. The van der Waals surface area contributed by atoms with Crippen molar-refractivity contribution in [2.75, 3.05) is 13.1 Å². The number of thiazole rings is 1. The molecule has 5 heteroatoms. The Labute approximate surface area is 136 Å². The summed E-state index contributed by atoms with van der Waals surface area (Å²) in [6, 6.07) is 1.27. The summed E-state index contributed by atoms with van der Waals surface area (Å²) < 4.78 is 2.41. The first kappa shape index (κ1) is 14.4. The Bertz CT molecular complexity index is 645. The number of imidazole rings is 1. The maximum Gasteiger partial charge on any atom is 0.169 e. The number of rotatable bonds is 3. The Hall–Kier alpha value is -1.20. The molecule has 2 aromatic heterocycles. The number of nitrogens with zero attached hydrogens (tertiary/aromatic N) is 4. The van der Waals surface area contributed by atoms with Crippen molar-refractivity contribution >= 4 is 11.3 Å². The second-order valence-electron chi connectivity index (χ2n) is 6.85. The highest BCUT2D eigenvalue weighted by atomic mass is 32.1. The van der Waals surface area contributed by atoms with Crippen molar-refractivity contribution in [1.29, 1.82) is 0 Å². The van der Waals surface area contributed by atoms with Crippen LogP contribution in [0, 0.1) is 0 Å². The zero-order chi connectivity index (χ0) is 15.1. The Morgan fingerprint density at radius 2 is 1.95 bits per heavy atom. The molecule has 2 fully saturated rings. The van der Waals surface area contributed by atoms with Crippen LogP contribution in [0.1, 0.15) is 57.2 Å². The van der Waals surface area contributed by atoms with Gasteiger partial charge in [-0.25, -0.2) is 9.97 Å². The Morgan fingerprint density at radius 3 is 2.68 bits per heavy atom. The Morgan fingerprint density at radius 1 is 1.18 bits per heavy atom. The molecule has 0 spiro atoms. The third-order valence-electron chi connectivity index (χ3n) is 5.13. The molecule has 0 aromatic carbocycles. The molecule has 0 aliphatic carbocycles. The summed E-state index contributed by atoms with van der Waals surface area (Å²) in [6.07, 6.45) is 9.36. The summed E-state index contributed by atoms with van der Waals surface area (Å²) in [5, 5.41) is 3.26. The van der Waals surface area contributed by atoms with E-state index in [1.165, 1.54) is 44.5 Å². The van der Waals surface area contributed by atoms with E-state index in [9.17, 15) is 0 Å². The number of aromatic nitrogens is 3. The normalized spacial score (nSPS) is 25.8. The highest BCUT2D eigenvalue weighted by Gasteiger charge is 2.36. The summed E-state index contributed by atoms with van der Waals surface area (Å²) in [7, 11) is 0. The molecule has 0 saturated carbocycles. The fraction of sp³-hybridized carbons (Fsp3) is 0.647. The van der Waals surface area contributed by atoms with Crippen LogP contribution < -0.4 is 0 Å². The number of hydrogen-bond donors (Lipinski definition) is 0. The highest BCUT2D eigenvalue weighted by Crippen LogP contribution is 2.37. The van der Waals surface area contributed by atoms with Gasteiger partial charge in [0.1, 0.15) is 0 Å². The summed E-state index contributed by atoms with van der Waals surface area (Å²) in [5.74, 6) is 1.55. The molecule has 2 aliphatic rings. The van der Waals surface area contributed by atoms with Gasteiger partial charge in [-0.2, -0.15) is 0 Å². The van der Waals surface area contributed by atoms with Gasteiger partial charge in [0.25, 0.3) is 0 Å². The monoisotopic (exact) mass is 316 g/mol. The molecule has 2 aromatic rings. The van der Waals surface area contributed by atoms with Crippen molar-refractivity contribution in [3.8, 4) is 10.8 Å². The summed E-state index contributed by atoms with van der Waals surface area (Å²) in [6.45, 7) is 6.95. The average molecular weight is 316 g/mol. The van der Waals surface area contributed by atoms with E-state index in [1.807, 2.05) is 6.20 Å². The first-order valence-corrected chi connectivity index (χ1v) is 9.34. The minimum Gasteiger partial charge on any atom is -0.324 e. The third-order valence-corrected chi connectivity index (χ3v) is 5.99. The van der Waals surface area contributed by atoms with Crippen LogP contribution in [0.4, 0.5) is 0 Å². The van der Waals surface area contributed by atoms with Gasteiger partial charge >= 0.3 is 0 Å². The highest BCUT2D eigenvalue weighted by molar-refractivity contribution is 7.13. The van der Waals surface area contributed by atoms with Gasteiger partial charge in [-0.15, -0.1) is 11.3 Å². The van der Waals surface area contributed by atoms with Gasteiger partial charge < -0.3 is 4.57 Å². The van der Waals surface area contributed by atoms with Crippen molar-refractivity contribution in [2.45, 2.75) is 57.5 Å². The van der Waals surface area contributed by atoms with Crippen LogP contribution in [0.15, 0.2) is 17.8 Å². The number of fused-ring (bicyclic) bond motifs is 1. The maximum atomic E-state index is 4.81. The second-order valence-corrected chi connectivity index (χ2v) is 7.70. The molecule has 22 heavy (non-hydrogen) atoms. The zero-order valence-electron chi connectivity index (χ0n) is 13.4. The fourth-order valence-electron chi connectivity index (χ4n) is 3.99. The number of hydrogen-bond acceptors (Lipinski definition) is 4. The summed E-state index contributed by atoms with van der Waals surface area (Å²) in [4.78, 5) is 12.1. The van der Waals surface area contributed by atoms with E-state index in [4.69, 9.17) is 4.98 Å². The first-order valence-electron chi connectivity index (χ1n) is 8.46. The van der Waals surface area contributed by atoms with Crippen LogP contribution in [-0.2, 0) is 0 Å². The predicted octanol–water partition coefficient (Wildman–Crippen LogP) is 3.93. The average Bonchev–Trinajstić information content (AvgIpc) is 3.25. The van der Waals surface area contributed by atoms with Crippen LogP contribution in [0.2, 0.25) is 0 Å². The van der Waals surface area contributed by atoms with Crippen LogP contribution in [0.3, 0.4) is 0 Å². The van der Waals surface area contributed by atoms with E-state index < -0.39 is 0 Å². The summed E-state index contributed by atoms with van der Waals surface area (Å²) in [5.41, 5.74) is 1.18. The smallest absolute Gasteiger partial charge is 0.169 e. The lowest BCUT2D eigenvalue weighted by atomic mass is 9.96. The van der Waals surface area contributed by atoms with Gasteiger partial charge in [-0.3, -0.25) is 4.90 Å². The molecule has 0 radical (unpaired) electrons. The Balaban J connectivity index is 1.67. The molecule has 4 heterocycles. The molecule has 4 rings (SSSR count). The molecule has 118 valence electrons. The minimum atomic E-state index is 0.480. The molecule has 0 unspecified atom stereocenters. The van der Waals surface area contributed by atoms with Gasteiger partial charge in [-0.1, -0.05) is 13.8 Å². The van der Waals surface area contributed by atoms with Crippen molar-refractivity contribution in [3.05, 3.63) is 23.5 Å². The lowest BCUT2D eigenvalue weighted by Crippen LogP contribution is -2.41. The van der Waals surface area contributed by atoms with Crippen LogP contribution in [-0.4, -0.2) is 38.6 Å². The third kappa shape index (κ3) is 2.40. The molecule has 2 saturated heterocycles. The van der Waals surface area contributed by atoms with Crippen molar-refractivity contribution < 1.29 is 0 Å². The Kier molecular flexibility index (Phi) is 3.78. The molecule has 0 bridgehead atoms. The standard InChI is InChI=1S/C17H24N4S/c1-12(2)13-11-22-17(19-13)16-18-7-10-21(16)15-6-4-9-20-8-3-5-14(15)20/h7,10-12,14-15H,3-6,8-9H2,1-2H3/t14-,15-/m1/s1. The molecule has 4 nitrogen and oxygen atoms in total. The van der Waals surface area contributed by atoms with Gasteiger partial charge in [0.2, 0.25) is 0 Å². The largest absolute Gasteiger partial charge is 0.324 e. The molecule has 0 amide bonds. The van der Waals surface area contributed by atoms with E-state index in [0.29, 0.717) is 18.0 Å². The molecule has 0 N–H and O–H groups in total. The maximum absolute atomic E-state index is 4.81. The van der Waals surface area contributed by atoms with Crippen LogP contribution in [0.25, 0.3) is 10.8 Å². The lowest BCUT2D eigenvalue weighted by molar-refractivity contribution is 0.139. The van der Waals surface area contributed by atoms with Crippen molar-refractivity contribution in [1.82, 2.24) is 19.4 Å². The molecule has 2 aliphatic heterocycles. The SMILES string of the molecule is CC(C)c1csc(-c2nccn2[C@@H]2CCCN3CCC[C@H]23)n1. The topological polar surface area (TPSA) is 34.0 Å². The molecule has 2 atom stereocenters. The van der Waals surface area contributed by atoms with Crippen molar-refractivity contribution in [3.63, 3.8) is 0 Å². The molecular weight excluding hydrogens is 292 g/mol. The lowest BCUT2D eigenvalue weighted by Gasteiger charge is -2.37. The van der Waals surface area contributed by atoms with E-state index in [2.05, 4.69) is 39.9 Å². The minimum absolute atomic E-state index is 0.480. The van der Waals surface area contributed by atoms with Crippen LogP contribution >= 0.6 is 11.3 Å². The van der Waals surface area contributed by atoms with E-state index in [1.54, 1.807) is 11.3 Å².